The fourth-order valence-corrected chi connectivity index (χ4v) is 2.39. The van der Waals surface area contributed by atoms with E-state index < -0.39 is 0 Å². The van der Waals surface area contributed by atoms with Gasteiger partial charge in [-0.3, -0.25) is 9.89 Å². The normalized spacial score (nSPS) is 20.3. The highest BCUT2D eigenvalue weighted by atomic mass is 127. The summed E-state index contributed by atoms with van der Waals surface area (Å²) in [6.07, 6.45) is 0.210. The Balaban J connectivity index is 0.00000484. The second kappa shape index (κ2) is 11.4. The summed E-state index contributed by atoms with van der Waals surface area (Å²) in [4.78, 5) is 6.72. The summed E-state index contributed by atoms with van der Waals surface area (Å²) in [7, 11) is 3.50. The van der Waals surface area contributed by atoms with Gasteiger partial charge in [-0.2, -0.15) is 0 Å². The third-order valence-corrected chi connectivity index (χ3v) is 3.80. The van der Waals surface area contributed by atoms with Gasteiger partial charge >= 0.3 is 0 Å². The van der Waals surface area contributed by atoms with Crippen molar-refractivity contribution >= 4 is 29.9 Å². The van der Waals surface area contributed by atoms with E-state index in [2.05, 4.69) is 34.4 Å². The van der Waals surface area contributed by atoms with Crippen LogP contribution in [0.1, 0.15) is 27.7 Å². The Bertz CT molecular complexity index is 351. The molecule has 0 aromatic rings. The summed E-state index contributed by atoms with van der Waals surface area (Å²) in [5, 5.41) is 6.63. The molecule has 1 aliphatic heterocycles. The number of morpholine rings is 1. The molecule has 1 aliphatic rings. The summed E-state index contributed by atoms with van der Waals surface area (Å²) >= 11 is 0. The van der Waals surface area contributed by atoms with Crippen LogP contribution >= 0.6 is 24.0 Å². The van der Waals surface area contributed by atoms with Gasteiger partial charge < -0.3 is 20.1 Å². The predicted molar refractivity (Wildman–Crippen MR) is 107 cm³/mol. The van der Waals surface area contributed by atoms with Crippen LogP contribution in [-0.2, 0) is 9.47 Å². The Morgan fingerprint density at radius 2 is 2.09 bits per heavy atom. The Labute approximate surface area is 158 Å². The number of aliphatic imine (C=N–C) groups is 1. The molecular weight excluding hydrogens is 407 g/mol. The van der Waals surface area contributed by atoms with Crippen molar-refractivity contribution < 1.29 is 9.47 Å². The Morgan fingerprint density at radius 1 is 1.39 bits per heavy atom. The van der Waals surface area contributed by atoms with E-state index in [9.17, 15) is 0 Å². The van der Waals surface area contributed by atoms with Crippen LogP contribution in [0.25, 0.3) is 0 Å². The first-order valence-electron chi connectivity index (χ1n) is 8.20. The SMILES string of the molecule is CN=C(NCC1CN(CC(C)C)CCO1)NCC(C)(C)OC.I. The number of rotatable bonds is 7. The largest absolute Gasteiger partial charge is 0.377 e. The predicted octanol–water partition coefficient (Wildman–Crippen LogP) is 1.55. The Kier molecular flexibility index (Phi) is 11.4. The molecule has 2 N–H and O–H groups in total. The van der Waals surface area contributed by atoms with Crippen molar-refractivity contribution in [3.05, 3.63) is 0 Å². The van der Waals surface area contributed by atoms with Gasteiger partial charge in [-0.05, 0) is 19.8 Å². The van der Waals surface area contributed by atoms with Gasteiger partial charge in [0, 0.05) is 46.9 Å². The molecule has 1 unspecified atom stereocenters. The lowest BCUT2D eigenvalue weighted by Crippen LogP contribution is -2.51. The molecule has 0 amide bonds. The molecule has 138 valence electrons. The number of hydrogen-bond donors (Lipinski definition) is 2. The summed E-state index contributed by atoms with van der Waals surface area (Å²) in [5.41, 5.74) is -0.215. The van der Waals surface area contributed by atoms with E-state index in [0.29, 0.717) is 12.5 Å². The lowest BCUT2D eigenvalue weighted by atomic mass is 10.1. The van der Waals surface area contributed by atoms with E-state index in [1.807, 2.05) is 13.8 Å². The molecule has 0 spiro atoms. The number of nitrogens with one attached hydrogen (secondary N) is 2. The summed E-state index contributed by atoms with van der Waals surface area (Å²) in [5.74, 6) is 1.48. The zero-order valence-electron chi connectivity index (χ0n) is 15.5. The molecule has 1 heterocycles. The minimum atomic E-state index is -0.215. The maximum absolute atomic E-state index is 5.84. The maximum atomic E-state index is 5.84. The van der Waals surface area contributed by atoms with Crippen molar-refractivity contribution in [1.82, 2.24) is 15.5 Å². The molecule has 1 saturated heterocycles. The highest BCUT2D eigenvalue weighted by molar-refractivity contribution is 14.0. The summed E-state index contributed by atoms with van der Waals surface area (Å²) < 4.78 is 11.2. The third-order valence-electron chi connectivity index (χ3n) is 3.80. The monoisotopic (exact) mass is 442 g/mol. The number of halogens is 1. The molecule has 23 heavy (non-hydrogen) atoms. The van der Waals surface area contributed by atoms with Gasteiger partial charge in [-0.15, -0.1) is 24.0 Å². The molecule has 0 bridgehead atoms. The van der Waals surface area contributed by atoms with Crippen molar-refractivity contribution in [3.63, 3.8) is 0 Å². The van der Waals surface area contributed by atoms with Gasteiger partial charge in [0.05, 0.1) is 18.3 Å². The molecule has 1 fully saturated rings. The molecule has 1 rings (SSSR count). The lowest BCUT2D eigenvalue weighted by molar-refractivity contribution is -0.0285. The first-order valence-corrected chi connectivity index (χ1v) is 8.20. The van der Waals surface area contributed by atoms with Crippen molar-refractivity contribution in [2.45, 2.75) is 39.4 Å². The minimum Gasteiger partial charge on any atom is -0.377 e. The second-order valence-electron chi connectivity index (χ2n) is 6.92. The molecule has 6 nitrogen and oxygen atoms in total. The molecule has 7 heteroatoms. The fourth-order valence-electron chi connectivity index (χ4n) is 2.39. The Hall–Kier alpha value is -0.120. The van der Waals surface area contributed by atoms with Crippen LogP contribution in [0.4, 0.5) is 0 Å². The maximum Gasteiger partial charge on any atom is 0.191 e. The first kappa shape index (κ1) is 22.9. The number of nitrogens with zero attached hydrogens (tertiary/aromatic N) is 2. The van der Waals surface area contributed by atoms with Crippen molar-refractivity contribution in [3.8, 4) is 0 Å². The van der Waals surface area contributed by atoms with Crippen molar-refractivity contribution in [2.24, 2.45) is 10.9 Å². The summed E-state index contributed by atoms with van der Waals surface area (Å²) in [6.45, 7) is 14.0. The van der Waals surface area contributed by atoms with Gasteiger partial charge in [0.2, 0.25) is 0 Å². The van der Waals surface area contributed by atoms with Crippen LogP contribution in [-0.4, -0.2) is 76.1 Å². The molecule has 0 aromatic carbocycles. The first-order chi connectivity index (χ1) is 10.4. The van der Waals surface area contributed by atoms with Gasteiger partial charge in [-0.1, -0.05) is 13.8 Å². The number of guanidine groups is 1. The zero-order valence-corrected chi connectivity index (χ0v) is 17.8. The quantitative estimate of drug-likeness (QED) is 0.356. The van der Waals surface area contributed by atoms with Crippen LogP contribution in [0.2, 0.25) is 0 Å². The topological polar surface area (TPSA) is 58.1 Å². The van der Waals surface area contributed by atoms with E-state index >= 15 is 0 Å². The average Bonchev–Trinajstić information content (AvgIpc) is 2.47. The third kappa shape index (κ3) is 9.69. The molecule has 0 radical (unpaired) electrons. The number of methoxy groups -OCH3 is 1. The van der Waals surface area contributed by atoms with Gasteiger partial charge in [-0.25, -0.2) is 0 Å². The van der Waals surface area contributed by atoms with E-state index in [1.165, 1.54) is 0 Å². The molecular formula is C16H35IN4O2. The van der Waals surface area contributed by atoms with Gasteiger partial charge in [0.1, 0.15) is 0 Å². The van der Waals surface area contributed by atoms with Crippen LogP contribution in [0.15, 0.2) is 4.99 Å². The van der Waals surface area contributed by atoms with Crippen molar-refractivity contribution in [1.29, 1.82) is 0 Å². The van der Waals surface area contributed by atoms with E-state index in [-0.39, 0.29) is 35.7 Å². The highest BCUT2D eigenvalue weighted by Crippen LogP contribution is 2.07. The minimum absolute atomic E-state index is 0. The lowest BCUT2D eigenvalue weighted by Gasteiger charge is -2.34. The van der Waals surface area contributed by atoms with Crippen LogP contribution in [0.3, 0.4) is 0 Å². The molecule has 1 atom stereocenters. The molecule has 0 aromatic heterocycles. The van der Waals surface area contributed by atoms with Crippen LogP contribution in [0.5, 0.6) is 0 Å². The van der Waals surface area contributed by atoms with Crippen molar-refractivity contribution in [2.75, 3.05) is 53.5 Å². The van der Waals surface area contributed by atoms with E-state index in [0.717, 1.165) is 38.7 Å². The number of ether oxygens (including phenoxy) is 2. The fraction of sp³-hybridized carbons (Fsp3) is 0.938. The molecule has 0 saturated carbocycles. The smallest absolute Gasteiger partial charge is 0.191 e. The highest BCUT2D eigenvalue weighted by Gasteiger charge is 2.21. The zero-order chi connectivity index (χ0) is 16.6. The van der Waals surface area contributed by atoms with Crippen LogP contribution < -0.4 is 10.6 Å². The summed E-state index contributed by atoms with van der Waals surface area (Å²) in [6, 6.07) is 0. The van der Waals surface area contributed by atoms with Gasteiger partial charge in [0.25, 0.3) is 0 Å². The van der Waals surface area contributed by atoms with Gasteiger partial charge in [0.15, 0.2) is 5.96 Å². The van der Waals surface area contributed by atoms with E-state index in [4.69, 9.17) is 9.47 Å². The average molecular weight is 442 g/mol. The van der Waals surface area contributed by atoms with E-state index in [1.54, 1.807) is 14.2 Å². The van der Waals surface area contributed by atoms with Crippen LogP contribution in [0, 0.1) is 5.92 Å². The molecule has 0 aliphatic carbocycles. The Morgan fingerprint density at radius 3 is 2.65 bits per heavy atom. The number of hydrogen-bond acceptors (Lipinski definition) is 4. The second-order valence-corrected chi connectivity index (χ2v) is 6.92. The standard InChI is InChI=1S/C16H34N4O2.HI/c1-13(2)10-20-7-8-22-14(11-20)9-18-15(17-5)19-12-16(3,4)21-6;/h13-14H,7-12H2,1-6H3,(H2,17,18,19);1H.